The first kappa shape index (κ1) is 17.2. The molecule has 0 bridgehead atoms. The van der Waals surface area contributed by atoms with Gasteiger partial charge in [-0.3, -0.25) is 4.57 Å². The van der Waals surface area contributed by atoms with Crippen LogP contribution < -0.4 is 0 Å². The number of ether oxygens (including phenoxy) is 1. The molecule has 0 spiro atoms. The molecule has 0 aromatic heterocycles. The lowest BCUT2D eigenvalue weighted by atomic mass is 10.2. The molecule has 0 fully saturated rings. The molecule has 0 amide bonds. The third kappa shape index (κ3) is 4.19. The zero-order valence-electron chi connectivity index (χ0n) is 12.4. The highest BCUT2D eigenvalue weighted by molar-refractivity contribution is 7.54. The van der Waals surface area contributed by atoms with E-state index in [9.17, 15) is 4.57 Å². The summed E-state index contributed by atoms with van der Waals surface area (Å²) in [5.41, 5.74) is 1.66. The number of rotatable bonds is 7. The zero-order valence-corrected chi connectivity index (χ0v) is 14.1. The minimum absolute atomic E-state index is 0.296. The topological polar surface area (TPSA) is 44.8 Å². The molecule has 2 rings (SSSR count). The molecule has 4 nitrogen and oxygen atoms in total. The number of hydrogen-bond donors (Lipinski definition) is 0. The second kappa shape index (κ2) is 7.91. The van der Waals surface area contributed by atoms with E-state index in [0.717, 1.165) is 5.56 Å². The average molecular weight is 341 g/mol. The van der Waals surface area contributed by atoms with Crippen LogP contribution in [0.2, 0.25) is 5.02 Å². The summed E-state index contributed by atoms with van der Waals surface area (Å²) in [5, 5.41) is 0.593. The Bertz CT molecular complexity index is 622. The summed E-state index contributed by atoms with van der Waals surface area (Å²) in [5.74, 6) is -0.819. The third-order valence-electron chi connectivity index (χ3n) is 3.20. The summed E-state index contributed by atoms with van der Waals surface area (Å²) in [6.45, 7) is 0.296. The van der Waals surface area contributed by atoms with E-state index in [1.165, 1.54) is 14.2 Å². The number of halogens is 1. The molecule has 0 aliphatic rings. The van der Waals surface area contributed by atoms with Crippen molar-refractivity contribution in [2.75, 3.05) is 14.2 Å². The second-order valence-corrected chi connectivity index (χ2v) is 7.32. The van der Waals surface area contributed by atoms with Crippen molar-refractivity contribution in [3.63, 3.8) is 0 Å². The quantitative estimate of drug-likeness (QED) is 0.662. The molecule has 0 radical (unpaired) electrons. The predicted molar refractivity (Wildman–Crippen MR) is 87.0 cm³/mol. The molecule has 0 N–H and O–H groups in total. The third-order valence-corrected chi connectivity index (χ3v) is 5.49. The van der Waals surface area contributed by atoms with E-state index in [1.807, 2.05) is 30.3 Å². The lowest BCUT2D eigenvalue weighted by molar-refractivity contribution is 0.0658. The molecule has 2 aromatic carbocycles. The average Bonchev–Trinajstić information content (AvgIpc) is 2.57. The Labute approximate surface area is 135 Å². The SMILES string of the molecule is COP(=O)(OC)C(OCc1ccccc1)c1ccc(Cl)cc1. The summed E-state index contributed by atoms with van der Waals surface area (Å²) >= 11 is 5.90. The van der Waals surface area contributed by atoms with E-state index in [-0.39, 0.29) is 0 Å². The van der Waals surface area contributed by atoms with Gasteiger partial charge in [-0.05, 0) is 23.3 Å². The van der Waals surface area contributed by atoms with Crippen molar-refractivity contribution in [2.24, 2.45) is 0 Å². The molecule has 2 aromatic rings. The molecular formula is C16H18ClO4P. The Balaban J connectivity index is 2.25. The molecule has 1 unspecified atom stereocenters. The highest BCUT2D eigenvalue weighted by atomic mass is 35.5. The largest absolute Gasteiger partial charge is 0.363 e. The van der Waals surface area contributed by atoms with Gasteiger partial charge in [-0.1, -0.05) is 54.1 Å². The van der Waals surface area contributed by atoms with Gasteiger partial charge >= 0.3 is 7.60 Å². The fraction of sp³-hybridized carbons (Fsp3) is 0.250. The van der Waals surface area contributed by atoms with Gasteiger partial charge in [0.25, 0.3) is 0 Å². The van der Waals surface area contributed by atoms with Gasteiger partial charge in [0.15, 0.2) is 5.85 Å². The highest BCUT2D eigenvalue weighted by Gasteiger charge is 2.36. The van der Waals surface area contributed by atoms with Crippen molar-refractivity contribution in [1.29, 1.82) is 0 Å². The maximum Gasteiger partial charge on any atom is 0.363 e. The monoisotopic (exact) mass is 340 g/mol. The van der Waals surface area contributed by atoms with Crippen LogP contribution in [0.1, 0.15) is 17.0 Å². The van der Waals surface area contributed by atoms with Crippen LogP contribution >= 0.6 is 19.2 Å². The Hall–Kier alpha value is -1.16. The first-order chi connectivity index (χ1) is 10.6. The standard InChI is InChI=1S/C16H18ClO4P/c1-19-22(18,20-2)16(14-8-10-15(17)11-9-14)21-12-13-6-4-3-5-7-13/h3-11,16H,12H2,1-2H3. The van der Waals surface area contributed by atoms with Crippen molar-refractivity contribution in [1.82, 2.24) is 0 Å². The Morgan fingerprint density at radius 3 is 2.14 bits per heavy atom. The van der Waals surface area contributed by atoms with Crippen LogP contribution in [-0.2, 0) is 25.0 Å². The predicted octanol–water partition coefficient (Wildman–Crippen LogP) is 5.04. The molecule has 6 heteroatoms. The Kier molecular flexibility index (Phi) is 6.18. The molecule has 0 heterocycles. The summed E-state index contributed by atoms with van der Waals surface area (Å²) in [4.78, 5) is 0. The van der Waals surface area contributed by atoms with Gasteiger partial charge in [-0.2, -0.15) is 0 Å². The maximum absolute atomic E-state index is 12.8. The van der Waals surface area contributed by atoms with Crippen molar-refractivity contribution in [3.8, 4) is 0 Å². The van der Waals surface area contributed by atoms with Gasteiger partial charge in [0.2, 0.25) is 0 Å². The minimum Gasteiger partial charge on any atom is -0.356 e. The second-order valence-electron chi connectivity index (χ2n) is 4.61. The minimum atomic E-state index is -3.43. The molecule has 118 valence electrons. The van der Waals surface area contributed by atoms with E-state index < -0.39 is 13.4 Å². The van der Waals surface area contributed by atoms with Gasteiger partial charge in [-0.15, -0.1) is 0 Å². The molecule has 22 heavy (non-hydrogen) atoms. The van der Waals surface area contributed by atoms with Crippen molar-refractivity contribution < 1.29 is 18.3 Å². The fourth-order valence-electron chi connectivity index (χ4n) is 2.01. The normalized spacial score (nSPS) is 13.0. The Morgan fingerprint density at radius 2 is 1.59 bits per heavy atom. The van der Waals surface area contributed by atoms with Crippen LogP contribution in [-0.4, -0.2) is 14.2 Å². The van der Waals surface area contributed by atoms with Gasteiger partial charge in [0, 0.05) is 19.2 Å². The van der Waals surface area contributed by atoms with Crippen LogP contribution in [0.4, 0.5) is 0 Å². The van der Waals surface area contributed by atoms with E-state index in [1.54, 1.807) is 24.3 Å². The first-order valence-electron chi connectivity index (χ1n) is 6.71. The van der Waals surface area contributed by atoms with Gasteiger partial charge in [0.05, 0.1) is 6.61 Å². The van der Waals surface area contributed by atoms with Crippen molar-refractivity contribution in [3.05, 3.63) is 70.7 Å². The van der Waals surface area contributed by atoms with E-state index in [0.29, 0.717) is 17.2 Å². The molecule has 0 saturated carbocycles. The van der Waals surface area contributed by atoms with E-state index in [4.69, 9.17) is 25.4 Å². The summed E-state index contributed by atoms with van der Waals surface area (Å²) in [6.07, 6.45) is 0. The first-order valence-corrected chi connectivity index (χ1v) is 8.70. The van der Waals surface area contributed by atoms with Crippen molar-refractivity contribution in [2.45, 2.75) is 12.5 Å². The Morgan fingerprint density at radius 1 is 1.00 bits per heavy atom. The maximum atomic E-state index is 12.8. The van der Waals surface area contributed by atoms with E-state index >= 15 is 0 Å². The van der Waals surface area contributed by atoms with Crippen LogP contribution in [0, 0.1) is 0 Å². The smallest absolute Gasteiger partial charge is 0.356 e. The van der Waals surface area contributed by atoms with E-state index in [2.05, 4.69) is 0 Å². The number of benzene rings is 2. The zero-order chi connectivity index (χ0) is 16.0. The van der Waals surface area contributed by atoms with Crippen LogP contribution in [0.25, 0.3) is 0 Å². The fourth-order valence-corrected chi connectivity index (χ4v) is 3.47. The number of hydrogen-bond acceptors (Lipinski definition) is 4. The van der Waals surface area contributed by atoms with Gasteiger partial charge < -0.3 is 13.8 Å². The highest BCUT2D eigenvalue weighted by Crippen LogP contribution is 2.60. The van der Waals surface area contributed by atoms with Crippen molar-refractivity contribution >= 4 is 19.2 Å². The molecule has 0 aliphatic carbocycles. The van der Waals surface area contributed by atoms with Gasteiger partial charge in [0.1, 0.15) is 0 Å². The molecular weight excluding hydrogens is 323 g/mol. The molecule has 1 atom stereocenters. The van der Waals surface area contributed by atoms with Crippen LogP contribution in [0.3, 0.4) is 0 Å². The van der Waals surface area contributed by atoms with Crippen LogP contribution in [0.5, 0.6) is 0 Å². The molecule has 0 saturated heterocycles. The summed E-state index contributed by atoms with van der Waals surface area (Å²) in [7, 11) is -0.738. The summed E-state index contributed by atoms with van der Waals surface area (Å²) in [6, 6.07) is 16.6. The lowest BCUT2D eigenvalue weighted by Gasteiger charge is -2.25. The van der Waals surface area contributed by atoms with Crippen LogP contribution in [0.15, 0.2) is 54.6 Å². The molecule has 0 aliphatic heterocycles. The van der Waals surface area contributed by atoms with Gasteiger partial charge in [-0.25, -0.2) is 0 Å². The lowest BCUT2D eigenvalue weighted by Crippen LogP contribution is -2.08. The summed E-state index contributed by atoms with van der Waals surface area (Å²) < 4.78 is 28.8.